The summed E-state index contributed by atoms with van der Waals surface area (Å²) in [7, 11) is 0. The Morgan fingerprint density at radius 1 is 0.560 bits per heavy atom. The van der Waals surface area contributed by atoms with Crippen molar-refractivity contribution in [3.63, 3.8) is 0 Å². The van der Waals surface area contributed by atoms with Gasteiger partial charge in [0.15, 0.2) is 0 Å². The number of fused-ring (bicyclic) bond motifs is 7. The summed E-state index contributed by atoms with van der Waals surface area (Å²) in [6.07, 6.45) is 5.08. The number of hydrogen-bond acceptors (Lipinski definition) is 4. The summed E-state index contributed by atoms with van der Waals surface area (Å²) in [6, 6.07) is 57.1. The predicted octanol–water partition coefficient (Wildman–Crippen LogP) is 8.82. The molecule has 1 saturated heterocycles. The number of benzene rings is 6. The molecule has 6 aromatic carbocycles. The lowest BCUT2D eigenvalue weighted by Crippen LogP contribution is -2.34. The van der Waals surface area contributed by atoms with E-state index < -0.39 is 0 Å². The summed E-state index contributed by atoms with van der Waals surface area (Å²) in [5.74, 6) is 1.43. The molecule has 1 aliphatic carbocycles. The van der Waals surface area contributed by atoms with Crippen molar-refractivity contribution in [2.24, 2.45) is 4.99 Å². The van der Waals surface area contributed by atoms with E-state index in [4.69, 9.17) is 4.99 Å². The average molecular weight is 661 g/mol. The van der Waals surface area contributed by atoms with Gasteiger partial charge >= 0.3 is 0 Å². The van der Waals surface area contributed by atoms with Crippen LogP contribution in [0.3, 0.4) is 0 Å². The molecule has 238 valence electrons. The third kappa shape index (κ3) is 4.27. The van der Waals surface area contributed by atoms with Crippen LogP contribution in [0.1, 0.15) is 40.5 Å². The molecule has 11 rings (SSSR count). The summed E-state index contributed by atoms with van der Waals surface area (Å²) in [5.41, 5.74) is 9.95. The van der Waals surface area contributed by atoms with Gasteiger partial charge in [0.2, 0.25) is 0 Å². The van der Waals surface area contributed by atoms with Crippen LogP contribution < -0.4 is 10.6 Å². The van der Waals surface area contributed by atoms with Crippen molar-refractivity contribution >= 4 is 40.7 Å². The van der Waals surface area contributed by atoms with Gasteiger partial charge < -0.3 is 4.57 Å². The third-order valence-corrected chi connectivity index (χ3v) is 12.0. The van der Waals surface area contributed by atoms with Crippen LogP contribution in [0.5, 0.6) is 0 Å². The smallest absolute Gasteiger partial charge is 0.150 e. The van der Waals surface area contributed by atoms with Crippen molar-refractivity contribution in [2.45, 2.75) is 28.4 Å². The predicted molar refractivity (Wildman–Crippen MR) is 204 cm³/mol. The van der Waals surface area contributed by atoms with E-state index in [-0.39, 0.29) is 12.3 Å². The second-order valence-electron chi connectivity index (χ2n) is 13.5. The molecule has 4 nitrogen and oxygen atoms in total. The fourth-order valence-corrected chi connectivity index (χ4v) is 9.66. The number of thioether (sulfide) groups is 1. The minimum absolute atomic E-state index is 0.0776. The number of nitrogens with zero attached hydrogens (tertiary/aromatic N) is 4. The van der Waals surface area contributed by atoms with Gasteiger partial charge in [0.05, 0.1) is 10.9 Å². The van der Waals surface area contributed by atoms with E-state index in [9.17, 15) is 0 Å². The topological polar surface area (TPSA) is 23.3 Å². The van der Waals surface area contributed by atoms with Crippen LogP contribution in [0, 0.1) is 0 Å². The number of aliphatic imine (C=N–C) groups is 1. The number of rotatable bonds is 5. The Morgan fingerprint density at radius 3 is 2.02 bits per heavy atom. The quantitative estimate of drug-likeness (QED) is 0.173. The number of hydrogen-bond donors (Lipinski definition) is 0. The molecule has 1 fully saturated rings. The first-order valence-corrected chi connectivity index (χ1v) is 18.2. The van der Waals surface area contributed by atoms with Crippen molar-refractivity contribution in [1.29, 1.82) is 0 Å². The summed E-state index contributed by atoms with van der Waals surface area (Å²) >= 11 is 2.00. The zero-order valence-electron chi connectivity index (χ0n) is 27.2. The zero-order chi connectivity index (χ0) is 32.8. The summed E-state index contributed by atoms with van der Waals surface area (Å²) in [6.45, 7) is 0. The molecule has 0 saturated carbocycles. The van der Waals surface area contributed by atoms with Crippen molar-refractivity contribution in [3.8, 4) is 16.8 Å². The molecule has 0 spiro atoms. The van der Waals surface area contributed by atoms with Gasteiger partial charge in [-0.05, 0) is 58.2 Å². The maximum absolute atomic E-state index is 5.27. The summed E-state index contributed by atoms with van der Waals surface area (Å²) in [5, 5.41) is 9.15. The molecule has 0 N–H and O–H groups in total. The number of amidine groups is 1. The van der Waals surface area contributed by atoms with Gasteiger partial charge in [-0.2, -0.15) is 5.01 Å². The number of para-hydroxylation sites is 1. The Bertz CT molecular complexity index is 2590. The first-order valence-electron chi connectivity index (χ1n) is 17.4. The SMILES string of the molecule is C1=c2c(n(-c3ccc(C4N5C(c6ccccc6)=NC(c6ccc(-c7ccccc7)cc6)N45)cc3)c3ccccc23)=CC2Sc3ccccc3C12. The van der Waals surface area contributed by atoms with Gasteiger partial charge in [0.25, 0.3) is 0 Å². The summed E-state index contributed by atoms with van der Waals surface area (Å²) < 4.78 is 2.47. The van der Waals surface area contributed by atoms with Crippen molar-refractivity contribution in [1.82, 2.24) is 14.6 Å². The minimum Gasteiger partial charge on any atom is -0.310 e. The molecule has 0 bridgehead atoms. The van der Waals surface area contributed by atoms with Gasteiger partial charge in [-0.15, -0.1) is 11.8 Å². The lowest BCUT2D eigenvalue weighted by atomic mass is 9.91. The fourth-order valence-electron chi connectivity index (χ4n) is 8.30. The van der Waals surface area contributed by atoms with E-state index >= 15 is 0 Å². The van der Waals surface area contributed by atoms with Crippen LogP contribution in [0.2, 0.25) is 0 Å². The number of aromatic nitrogens is 1. The Balaban J connectivity index is 0.959. The Morgan fingerprint density at radius 2 is 1.22 bits per heavy atom. The molecule has 5 heteroatoms. The second-order valence-corrected chi connectivity index (χ2v) is 14.7. The largest absolute Gasteiger partial charge is 0.310 e. The van der Waals surface area contributed by atoms with Crippen LogP contribution >= 0.6 is 11.8 Å². The standard InChI is InChI=1S/C45H32N4S/c1-3-11-29(12-4-1)30-19-21-32(22-20-30)44-46-43(31-13-5-2-6-14-31)48-45(49(44)48)33-23-25-34(26-24-33)47-39-17-9-7-15-35(39)37-27-38-36-16-8-10-18-41(36)50-42(38)28-40(37)47/h1-28,38,42,44-45H. The third-order valence-electron chi connectivity index (χ3n) is 10.7. The molecule has 0 amide bonds. The first-order chi connectivity index (χ1) is 24.8. The molecular formula is C45H32N4S. The highest BCUT2D eigenvalue weighted by Crippen LogP contribution is 2.54. The van der Waals surface area contributed by atoms with E-state index in [1.807, 2.05) is 11.8 Å². The average Bonchev–Trinajstić information content (AvgIpc) is 3.44. The molecule has 50 heavy (non-hydrogen) atoms. The van der Waals surface area contributed by atoms with Crippen molar-refractivity contribution < 1.29 is 0 Å². The molecule has 5 unspecified atom stereocenters. The Kier molecular flexibility index (Phi) is 6.18. The van der Waals surface area contributed by atoms with Gasteiger partial charge in [0.1, 0.15) is 18.2 Å². The van der Waals surface area contributed by atoms with Gasteiger partial charge in [-0.1, -0.05) is 140 Å². The van der Waals surface area contributed by atoms with Crippen molar-refractivity contribution in [3.05, 3.63) is 191 Å². The molecule has 3 aliphatic heterocycles. The van der Waals surface area contributed by atoms with Crippen molar-refractivity contribution in [2.75, 3.05) is 0 Å². The van der Waals surface area contributed by atoms with E-state index in [2.05, 4.69) is 184 Å². The lowest BCUT2D eigenvalue weighted by molar-refractivity contribution is 0.341. The van der Waals surface area contributed by atoms with Gasteiger partial charge in [-0.25, -0.2) is 4.99 Å². The monoisotopic (exact) mass is 660 g/mol. The molecular weight excluding hydrogens is 629 g/mol. The molecule has 1 aromatic heterocycles. The second kappa shape index (κ2) is 10.9. The van der Waals surface area contributed by atoms with Crippen LogP contribution in [0.4, 0.5) is 0 Å². The van der Waals surface area contributed by atoms with Gasteiger partial charge in [-0.3, -0.25) is 5.01 Å². The normalized spacial score (nSPS) is 22.5. The van der Waals surface area contributed by atoms with E-state index in [0.717, 1.165) is 11.4 Å². The minimum atomic E-state index is -0.0776. The molecule has 5 atom stereocenters. The fraction of sp³-hybridized carbons (Fsp3) is 0.0889. The van der Waals surface area contributed by atoms with Crippen LogP contribution in [-0.2, 0) is 0 Å². The number of hydrazine groups is 1. The first kappa shape index (κ1) is 28.2. The maximum Gasteiger partial charge on any atom is 0.150 e. The molecule has 7 aromatic rings. The van der Waals surface area contributed by atoms with E-state index in [0.29, 0.717) is 11.2 Å². The lowest BCUT2D eigenvalue weighted by Gasteiger charge is -2.16. The molecule has 4 aliphatic rings. The van der Waals surface area contributed by atoms with E-state index in [1.165, 1.54) is 59.9 Å². The van der Waals surface area contributed by atoms with Gasteiger partial charge in [0, 0.05) is 37.9 Å². The van der Waals surface area contributed by atoms with E-state index in [1.54, 1.807) is 0 Å². The Hall–Kier alpha value is -5.62. The zero-order valence-corrected chi connectivity index (χ0v) is 28.0. The maximum atomic E-state index is 5.27. The molecule has 0 radical (unpaired) electrons. The molecule has 4 heterocycles. The highest BCUT2D eigenvalue weighted by Gasteiger charge is 2.57. The summed E-state index contributed by atoms with van der Waals surface area (Å²) in [4.78, 5) is 6.68. The van der Waals surface area contributed by atoms with Crippen LogP contribution in [0.15, 0.2) is 168 Å². The van der Waals surface area contributed by atoms with Crippen LogP contribution in [0.25, 0.3) is 39.9 Å². The Labute approximate surface area is 294 Å². The highest BCUT2D eigenvalue weighted by atomic mass is 32.2. The van der Waals surface area contributed by atoms with Crippen LogP contribution in [-0.4, -0.2) is 25.7 Å². The highest BCUT2D eigenvalue weighted by molar-refractivity contribution is 8.00.